The molecule has 2 heterocycles. The summed E-state index contributed by atoms with van der Waals surface area (Å²) in [6.45, 7) is 1.80. The number of nitrogens with one attached hydrogen (secondary N) is 1. The van der Waals surface area contributed by atoms with Gasteiger partial charge in [0.25, 0.3) is 0 Å². The zero-order valence-corrected chi connectivity index (χ0v) is 13.1. The van der Waals surface area contributed by atoms with Crippen LogP contribution in [0.2, 0.25) is 0 Å². The van der Waals surface area contributed by atoms with E-state index < -0.39 is 11.7 Å². The van der Waals surface area contributed by atoms with Crippen molar-refractivity contribution in [3.63, 3.8) is 0 Å². The molecule has 0 amide bonds. The molecule has 1 aromatic heterocycles. The van der Waals surface area contributed by atoms with E-state index in [-0.39, 0.29) is 18.2 Å². The summed E-state index contributed by atoms with van der Waals surface area (Å²) in [7, 11) is 0. The lowest BCUT2D eigenvalue weighted by atomic mass is 10.0. The van der Waals surface area contributed by atoms with Crippen LogP contribution in [0.5, 0.6) is 0 Å². The highest BCUT2D eigenvalue weighted by Crippen LogP contribution is 2.31. The fourth-order valence-electron chi connectivity index (χ4n) is 3.02. The third-order valence-electron chi connectivity index (χ3n) is 4.21. The summed E-state index contributed by atoms with van der Waals surface area (Å²) < 4.78 is 39.1. The summed E-state index contributed by atoms with van der Waals surface area (Å²) in [6.07, 6.45) is -0.798. The Balaban J connectivity index is 1.63. The van der Waals surface area contributed by atoms with Gasteiger partial charge >= 0.3 is 6.18 Å². The van der Waals surface area contributed by atoms with Crippen molar-refractivity contribution in [3.8, 4) is 0 Å². The summed E-state index contributed by atoms with van der Waals surface area (Å²) in [5, 5.41) is 11.2. The molecule has 0 radical (unpaired) electrons. The first-order valence-electron chi connectivity index (χ1n) is 7.95. The fourth-order valence-corrected chi connectivity index (χ4v) is 3.02. The quantitative estimate of drug-likeness (QED) is 0.930. The Morgan fingerprint density at radius 3 is 2.75 bits per heavy atom. The second-order valence-corrected chi connectivity index (χ2v) is 5.90. The van der Waals surface area contributed by atoms with Crippen molar-refractivity contribution in [2.24, 2.45) is 0 Å². The van der Waals surface area contributed by atoms with Gasteiger partial charge in [0.1, 0.15) is 0 Å². The van der Waals surface area contributed by atoms with Crippen LogP contribution < -0.4 is 10.2 Å². The first kappa shape index (κ1) is 16.7. The van der Waals surface area contributed by atoms with Crippen LogP contribution in [0.25, 0.3) is 0 Å². The highest BCUT2D eigenvalue weighted by molar-refractivity contribution is 5.37. The zero-order chi connectivity index (χ0) is 17.0. The molecule has 0 spiro atoms. The molecule has 24 heavy (non-hydrogen) atoms. The topological polar surface area (TPSA) is 41.0 Å². The Kier molecular flexibility index (Phi) is 4.99. The Morgan fingerprint density at radius 1 is 1.17 bits per heavy atom. The first-order chi connectivity index (χ1) is 11.5. The molecule has 7 heteroatoms. The van der Waals surface area contributed by atoms with Crippen LogP contribution in [0, 0.1) is 0 Å². The van der Waals surface area contributed by atoms with Crippen molar-refractivity contribution in [2.75, 3.05) is 18.0 Å². The summed E-state index contributed by atoms with van der Waals surface area (Å²) in [5.41, 5.74) is -0.291. The molecule has 0 bridgehead atoms. The Bertz CT molecular complexity index is 660. The number of benzene rings is 1. The lowest BCUT2D eigenvalue weighted by Gasteiger charge is -2.34. The average molecular weight is 336 g/mol. The highest BCUT2D eigenvalue weighted by Gasteiger charge is 2.33. The van der Waals surface area contributed by atoms with E-state index in [4.69, 9.17) is 0 Å². The van der Waals surface area contributed by atoms with Gasteiger partial charge < -0.3 is 10.2 Å². The highest BCUT2D eigenvalue weighted by atomic mass is 19.4. The number of halogens is 3. The molecule has 0 aliphatic carbocycles. The van der Waals surface area contributed by atoms with Crippen molar-refractivity contribution in [3.05, 3.63) is 53.7 Å². The minimum absolute atomic E-state index is 0.127. The molecule has 1 fully saturated rings. The molecule has 2 aromatic rings. The molecule has 1 N–H and O–H groups in total. The number of aromatic nitrogens is 2. The second kappa shape index (κ2) is 7.17. The van der Waals surface area contributed by atoms with E-state index in [1.165, 1.54) is 12.1 Å². The summed E-state index contributed by atoms with van der Waals surface area (Å²) in [5.74, 6) is 0.805. The normalized spacial score (nSPS) is 18.6. The average Bonchev–Trinajstić information content (AvgIpc) is 2.60. The van der Waals surface area contributed by atoms with E-state index >= 15 is 0 Å². The molecular weight excluding hydrogens is 317 g/mol. The van der Waals surface area contributed by atoms with E-state index in [0.29, 0.717) is 6.54 Å². The van der Waals surface area contributed by atoms with Gasteiger partial charge in [0.2, 0.25) is 0 Å². The number of nitrogens with zero attached hydrogens (tertiary/aromatic N) is 3. The van der Waals surface area contributed by atoms with Gasteiger partial charge in [0.05, 0.1) is 5.56 Å². The number of piperidine rings is 1. The number of hydrogen-bond donors (Lipinski definition) is 1. The van der Waals surface area contributed by atoms with E-state index in [9.17, 15) is 13.2 Å². The SMILES string of the molecule is FC(F)(F)c1ccccc1CN[C@@H]1CCCN(c2cccnn2)C1. The molecule has 0 unspecified atom stereocenters. The number of alkyl halides is 3. The fraction of sp³-hybridized carbons (Fsp3) is 0.412. The van der Waals surface area contributed by atoms with Crippen molar-refractivity contribution < 1.29 is 13.2 Å². The van der Waals surface area contributed by atoms with Gasteiger partial charge in [-0.2, -0.15) is 18.3 Å². The monoisotopic (exact) mass is 336 g/mol. The molecule has 1 saturated heterocycles. The van der Waals surface area contributed by atoms with Gasteiger partial charge in [0, 0.05) is 31.9 Å². The van der Waals surface area contributed by atoms with Crippen molar-refractivity contribution in [1.29, 1.82) is 0 Å². The minimum atomic E-state index is -4.32. The predicted molar refractivity (Wildman–Crippen MR) is 85.6 cm³/mol. The van der Waals surface area contributed by atoms with Crippen molar-refractivity contribution in [1.82, 2.24) is 15.5 Å². The second-order valence-electron chi connectivity index (χ2n) is 5.90. The van der Waals surface area contributed by atoms with Crippen LogP contribution in [0.3, 0.4) is 0 Å². The number of rotatable bonds is 4. The molecule has 1 aromatic carbocycles. The van der Waals surface area contributed by atoms with Crippen LogP contribution in [0.15, 0.2) is 42.6 Å². The third kappa shape index (κ3) is 4.03. The van der Waals surface area contributed by atoms with E-state index in [1.54, 1.807) is 12.3 Å². The maximum atomic E-state index is 13.0. The van der Waals surface area contributed by atoms with Crippen LogP contribution in [-0.4, -0.2) is 29.3 Å². The van der Waals surface area contributed by atoms with Gasteiger partial charge in [-0.05, 0) is 36.6 Å². The Morgan fingerprint density at radius 2 is 2.00 bits per heavy atom. The minimum Gasteiger partial charge on any atom is -0.354 e. The van der Waals surface area contributed by atoms with Gasteiger partial charge in [-0.15, -0.1) is 5.10 Å². The maximum absolute atomic E-state index is 13.0. The van der Waals surface area contributed by atoms with Crippen molar-refractivity contribution in [2.45, 2.75) is 31.6 Å². The van der Waals surface area contributed by atoms with Gasteiger partial charge in [-0.1, -0.05) is 18.2 Å². The molecule has 1 aliphatic rings. The number of anilines is 1. The van der Waals surface area contributed by atoms with E-state index in [0.717, 1.165) is 31.3 Å². The Hall–Kier alpha value is -2.15. The molecule has 0 saturated carbocycles. The number of hydrogen-bond acceptors (Lipinski definition) is 4. The van der Waals surface area contributed by atoms with Gasteiger partial charge in [0.15, 0.2) is 5.82 Å². The Labute approximate surface area is 138 Å². The van der Waals surface area contributed by atoms with Crippen LogP contribution in [0.4, 0.5) is 19.0 Å². The summed E-state index contributed by atoms with van der Waals surface area (Å²) in [6, 6.07) is 9.57. The molecule has 1 atom stereocenters. The molecule has 4 nitrogen and oxygen atoms in total. The molecule has 128 valence electrons. The van der Waals surface area contributed by atoms with Crippen LogP contribution in [0.1, 0.15) is 24.0 Å². The smallest absolute Gasteiger partial charge is 0.354 e. The molecule has 1 aliphatic heterocycles. The van der Waals surface area contributed by atoms with Gasteiger partial charge in [-0.25, -0.2) is 0 Å². The largest absolute Gasteiger partial charge is 0.416 e. The predicted octanol–water partition coefficient (Wildman–Crippen LogP) is 3.25. The molecule has 3 rings (SSSR count). The van der Waals surface area contributed by atoms with E-state index in [1.807, 2.05) is 12.1 Å². The van der Waals surface area contributed by atoms with Crippen molar-refractivity contribution >= 4 is 5.82 Å². The zero-order valence-electron chi connectivity index (χ0n) is 13.1. The summed E-state index contributed by atoms with van der Waals surface area (Å²) >= 11 is 0. The van der Waals surface area contributed by atoms with Crippen LogP contribution in [-0.2, 0) is 12.7 Å². The standard InChI is InChI=1S/C17H19F3N4/c18-17(19,20)15-7-2-1-5-13(15)11-21-14-6-4-10-24(12-14)16-8-3-9-22-23-16/h1-3,5,7-9,14,21H,4,6,10-12H2/t14-/m1/s1. The summed E-state index contributed by atoms with van der Waals surface area (Å²) in [4.78, 5) is 2.11. The molecular formula is C17H19F3N4. The lowest BCUT2D eigenvalue weighted by Crippen LogP contribution is -2.46. The van der Waals surface area contributed by atoms with E-state index in [2.05, 4.69) is 20.4 Å². The lowest BCUT2D eigenvalue weighted by molar-refractivity contribution is -0.138. The van der Waals surface area contributed by atoms with Crippen LogP contribution >= 0.6 is 0 Å². The third-order valence-corrected chi connectivity index (χ3v) is 4.21. The van der Waals surface area contributed by atoms with Gasteiger partial charge in [-0.3, -0.25) is 0 Å². The first-order valence-corrected chi connectivity index (χ1v) is 7.95. The maximum Gasteiger partial charge on any atom is 0.416 e.